The first-order valence-electron chi connectivity index (χ1n) is 6.95. The highest BCUT2D eigenvalue weighted by atomic mass is 16.5. The van der Waals surface area contributed by atoms with Gasteiger partial charge in [0.25, 0.3) is 0 Å². The molecule has 1 rings (SSSR count). The summed E-state index contributed by atoms with van der Waals surface area (Å²) in [4.78, 5) is 0. The van der Waals surface area contributed by atoms with Crippen LogP contribution in [0.15, 0.2) is 24.3 Å². The summed E-state index contributed by atoms with van der Waals surface area (Å²) in [7, 11) is 0. The van der Waals surface area contributed by atoms with Crippen LogP contribution >= 0.6 is 0 Å². The topological polar surface area (TPSA) is 29.5 Å². The number of unbranched alkanes of at least 4 members (excludes halogenated alkanes) is 2. The van der Waals surface area contributed by atoms with Gasteiger partial charge >= 0.3 is 0 Å². The number of hydrogen-bond donors (Lipinski definition) is 1. The first kappa shape index (κ1) is 15.0. The van der Waals surface area contributed by atoms with Gasteiger partial charge in [-0.1, -0.05) is 58.2 Å². The summed E-state index contributed by atoms with van der Waals surface area (Å²) >= 11 is 0. The van der Waals surface area contributed by atoms with Crippen LogP contribution in [0.25, 0.3) is 0 Å². The lowest BCUT2D eigenvalue weighted by Crippen LogP contribution is -2.19. The van der Waals surface area contributed by atoms with Gasteiger partial charge in [0.1, 0.15) is 12.4 Å². The minimum absolute atomic E-state index is 0.0601. The van der Waals surface area contributed by atoms with Crippen molar-refractivity contribution in [1.82, 2.24) is 0 Å². The smallest absolute Gasteiger partial charge is 0.123 e. The zero-order valence-corrected chi connectivity index (χ0v) is 11.9. The number of para-hydroxylation sites is 1. The molecule has 0 aliphatic heterocycles. The van der Waals surface area contributed by atoms with Gasteiger partial charge in [-0.3, -0.25) is 0 Å². The molecule has 1 N–H and O–H groups in total. The van der Waals surface area contributed by atoms with Crippen molar-refractivity contribution in [2.75, 3.05) is 13.2 Å². The van der Waals surface area contributed by atoms with E-state index in [2.05, 4.69) is 32.9 Å². The van der Waals surface area contributed by atoms with Gasteiger partial charge < -0.3 is 9.84 Å². The van der Waals surface area contributed by atoms with Crippen molar-refractivity contribution < 1.29 is 9.84 Å². The van der Waals surface area contributed by atoms with Gasteiger partial charge in [0.15, 0.2) is 0 Å². The number of rotatable bonds is 8. The average molecular weight is 250 g/mol. The molecule has 0 aliphatic rings. The lowest BCUT2D eigenvalue weighted by atomic mass is 9.79. The van der Waals surface area contributed by atoms with Gasteiger partial charge in [-0.15, -0.1) is 0 Å². The van der Waals surface area contributed by atoms with Gasteiger partial charge in [0.05, 0.1) is 6.61 Å². The Labute approximate surface area is 111 Å². The molecule has 1 aromatic rings. The molecule has 0 heterocycles. The first-order valence-corrected chi connectivity index (χ1v) is 6.95. The van der Waals surface area contributed by atoms with Crippen molar-refractivity contribution in [3.05, 3.63) is 29.8 Å². The third-order valence-corrected chi connectivity index (χ3v) is 3.37. The summed E-state index contributed by atoms with van der Waals surface area (Å²) in [6.45, 7) is 7.19. The molecule has 0 aromatic heterocycles. The first-order chi connectivity index (χ1) is 8.61. The summed E-state index contributed by atoms with van der Waals surface area (Å²) in [5.74, 6) is 0.910. The highest BCUT2D eigenvalue weighted by Gasteiger charge is 2.23. The SMILES string of the molecule is CCCCCC(C)(C)c1ccccc1OCCO. The third-order valence-electron chi connectivity index (χ3n) is 3.37. The maximum atomic E-state index is 8.87. The maximum absolute atomic E-state index is 8.87. The van der Waals surface area contributed by atoms with Crippen molar-refractivity contribution in [3.63, 3.8) is 0 Å². The summed E-state index contributed by atoms with van der Waals surface area (Å²) in [6, 6.07) is 8.17. The Balaban J connectivity index is 2.78. The lowest BCUT2D eigenvalue weighted by Gasteiger charge is -2.27. The number of benzene rings is 1. The molecule has 0 fully saturated rings. The van der Waals surface area contributed by atoms with Crippen LogP contribution in [0.4, 0.5) is 0 Å². The molecule has 0 saturated heterocycles. The number of ether oxygens (including phenoxy) is 1. The number of aliphatic hydroxyl groups excluding tert-OH is 1. The van der Waals surface area contributed by atoms with E-state index in [-0.39, 0.29) is 12.0 Å². The molecule has 18 heavy (non-hydrogen) atoms. The normalized spacial score (nSPS) is 11.6. The van der Waals surface area contributed by atoms with Crippen LogP contribution in [0.3, 0.4) is 0 Å². The zero-order chi connectivity index (χ0) is 13.4. The van der Waals surface area contributed by atoms with E-state index in [1.54, 1.807) is 0 Å². The van der Waals surface area contributed by atoms with E-state index >= 15 is 0 Å². The molecule has 0 amide bonds. The molecule has 0 aliphatic carbocycles. The largest absolute Gasteiger partial charge is 0.491 e. The van der Waals surface area contributed by atoms with E-state index in [4.69, 9.17) is 9.84 Å². The molecule has 2 heteroatoms. The zero-order valence-electron chi connectivity index (χ0n) is 11.9. The van der Waals surface area contributed by atoms with E-state index in [0.717, 1.165) is 5.75 Å². The molecule has 0 radical (unpaired) electrons. The van der Waals surface area contributed by atoms with Crippen LogP contribution in [0.1, 0.15) is 52.0 Å². The second-order valence-electron chi connectivity index (χ2n) is 5.41. The molecule has 2 nitrogen and oxygen atoms in total. The van der Waals surface area contributed by atoms with E-state index in [9.17, 15) is 0 Å². The number of hydrogen-bond acceptors (Lipinski definition) is 2. The van der Waals surface area contributed by atoms with Crippen molar-refractivity contribution in [2.24, 2.45) is 0 Å². The average Bonchev–Trinajstić information content (AvgIpc) is 2.37. The Bertz CT molecular complexity index is 345. The van der Waals surface area contributed by atoms with Crippen molar-refractivity contribution in [3.8, 4) is 5.75 Å². The van der Waals surface area contributed by atoms with Crippen LogP contribution in [0, 0.1) is 0 Å². The number of aliphatic hydroxyl groups is 1. The summed E-state index contributed by atoms with van der Waals surface area (Å²) in [5, 5.41) is 8.87. The highest BCUT2D eigenvalue weighted by molar-refractivity contribution is 5.38. The monoisotopic (exact) mass is 250 g/mol. The van der Waals surface area contributed by atoms with Crippen LogP contribution in [-0.4, -0.2) is 18.3 Å². The maximum Gasteiger partial charge on any atom is 0.123 e. The van der Waals surface area contributed by atoms with Crippen LogP contribution in [0.5, 0.6) is 5.75 Å². The van der Waals surface area contributed by atoms with Crippen molar-refractivity contribution in [2.45, 2.75) is 51.9 Å². The van der Waals surface area contributed by atoms with Gasteiger partial charge in [-0.05, 0) is 23.5 Å². The van der Waals surface area contributed by atoms with E-state index in [1.165, 1.54) is 31.2 Å². The van der Waals surface area contributed by atoms with E-state index in [1.807, 2.05) is 12.1 Å². The minimum Gasteiger partial charge on any atom is -0.491 e. The van der Waals surface area contributed by atoms with Crippen molar-refractivity contribution >= 4 is 0 Å². The Morgan fingerprint density at radius 1 is 1.17 bits per heavy atom. The quantitative estimate of drug-likeness (QED) is 0.709. The molecule has 0 bridgehead atoms. The van der Waals surface area contributed by atoms with E-state index in [0.29, 0.717) is 6.61 Å². The van der Waals surface area contributed by atoms with Crippen LogP contribution in [0.2, 0.25) is 0 Å². The van der Waals surface area contributed by atoms with Gasteiger partial charge in [0, 0.05) is 0 Å². The second-order valence-corrected chi connectivity index (χ2v) is 5.41. The minimum atomic E-state index is 0.0601. The molecule has 1 aromatic carbocycles. The van der Waals surface area contributed by atoms with Gasteiger partial charge in [-0.25, -0.2) is 0 Å². The fourth-order valence-corrected chi connectivity index (χ4v) is 2.26. The van der Waals surface area contributed by atoms with Crippen LogP contribution < -0.4 is 4.74 Å². The predicted molar refractivity (Wildman–Crippen MR) is 76.2 cm³/mol. The lowest BCUT2D eigenvalue weighted by molar-refractivity contribution is 0.198. The molecular formula is C16H26O2. The molecule has 0 saturated carbocycles. The van der Waals surface area contributed by atoms with Crippen LogP contribution in [-0.2, 0) is 5.41 Å². The Kier molecular flexibility index (Phi) is 6.20. The third kappa shape index (κ3) is 4.34. The summed E-state index contributed by atoms with van der Waals surface area (Å²) in [5.41, 5.74) is 1.37. The fraction of sp³-hybridized carbons (Fsp3) is 0.625. The summed E-state index contributed by atoms with van der Waals surface area (Å²) < 4.78 is 5.63. The Morgan fingerprint density at radius 2 is 1.89 bits per heavy atom. The fourth-order valence-electron chi connectivity index (χ4n) is 2.26. The highest BCUT2D eigenvalue weighted by Crippen LogP contribution is 2.35. The molecule has 0 spiro atoms. The molecule has 102 valence electrons. The second kappa shape index (κ2) is 7.42. The van der Waals surface area contributed by atoms with E-state index < -0.39 is 0 Å². The molecule has 0 atom stereocenters. The molecular weight excluding hydrogens is 224 g/mol. The summed E-state index contributed by atoms with van der Waals surface area (Å²) in [6.07, 6.45) is 4.94. The predicted octanol–water partition coefficient (Wildman–Crippen LogP) is 3.92. The molecule has 0 unspecified atom stereocenters. The van der Waals surface area contributed by atoms with Crippen molar-refractivity contribution in [1.29, 1.82) is 0 Å². The Hall–Kier alpha value is -1.02. The van der Waals surface area contributed by atoms with Gasteiger partial charge in [0.2, 0.25) is 0 Å². The Morgan fingerprint density at radius 3 is 2.56 bits per heavy atom. The van der Waals surface area contributed by atoms with Gasteiger partial charge in [-0.2, -0.15) is 0 Å². The standard InChI is InChI=1S/C16H26O2/c1-4-5-8-11-16(2,3)14-9-6-7-10-15(14)18-13-12-17/h6-7,9-10,17H,4-5,8,11-13H2,1-3H3.